The lowest BCUT2D eigenvalue weighted by Crippen LogP contribution is -2.11. The summed E-state index contributed by atoms with van der Waals surface area (Å²) < 4.78 is 0. The van der Waals surface area contributed by atoms with Gasteiger partial charge in [0, 0.05) is 16.9 Å². The molecule has 0 aliphatic heterocycles. The third-order valence-corrected chi connectivity index (χ3v) is 2.59. The predicted molar refractivity (Wildman–Crippen MR) is 74.4 cm³/mol. The Bertz CT molecular complexity index is 559. The lowest BCUT2D eigenvalue weighted by Gasteiger charge is -2.07. The Morgan fingerprint density at radius 1 is 0.944 bits per heavy atom. The number of carbonyl (C=O) groups excluding carboxylic acids is 1. The van der Waals surface area contributed by atoms with Gasteiger partial charge in [0.25, 0.3) is 0 Å². The highest BCUT2D eigenvalue weighted by atomic mass is 16.1. The van der Waals surface area contributed by atoms with Gasteiger partial charge in [-0.1, -0.05) is 36.9 Å². The summed E-state index contributed by atoms with van der Waals surface area (Å²) in [6.07, 6.45) is 0. The molecule has 0 saturated carbocycles. The van der Waals surface area contributed by atoms with Crippen LogP contribution in [-0.2, 0) is 4.79 Å². The predicted octanol–water partition coefficient (Wildman–Crippen LogP) is 2.93. The van der Waals surface area contributed by atoms with Crippen LogP contribution in [-0.4, -0.2) is 5.91 Å². The topological polar surface area (TPSA) is 55.1 Å². The fraction of sp³-hybridized carbons (Fsp3) is 0. The van der Waals surface area contributed by atoms with Gasteiger partial charge in [-0.25, -0.2) is 0 Å². The fourth-order valence-electron chi connectivity index (χ4n) is 1.59. The molecule has 0 saturated heterocycles. The Morgan fingerprint density at radius 3 is 2.06 bits per heavy atom. The number of benzene rings is 2. The summed E-state index contributed by atoms with van der Waals surface area (Å²) >= 11 is 0. The highest BCUT2D eigenvalue weighted by Gasteiger charge is 2.04. The molecular weight excluding hydrogens is 224 g/mol. The molecule has 1 amide bonds. The zero-order chi connectivity index (χ0) is 13.0. The molecule has 0 radical (unpaired) electrons. The quantitative estimate of drug-likeness (QED) is 0.805. The van der Waals surface area contributed by atoms with E-state index in [4.69, 9.17) is 5.73 Å². The van der Waals surface area contributed by atoms with Crippen molar-refractivity contribution < 1.29 is 4.79 Å². The van der Waals surface area contributed by atoms with Crippen LogP contribution in [0.3, 0.4) is 0 Å². The number of primary amides is 1. The molecular formula is C15H14N2O. The van der Waals surface area contributed by atoms with E-state index in [0.29, 0.717) is 5.57 Å². The molecule has 0 bridgehead atoms. The van der Waals surface area contributed by atoms with Crippen molar-refractivity contribution in [2.75, 3.05) is 5.32 Å². The van der Waals surface area contributed by atoms with Gasteiger partial charge in [0.1, 0.15) is 0 Å². The summed E-state index contributed by atoms with van der Waals surface area (Å²) in [5, 5.41) is 3.25. The molecule has 0 aliphatic carbocycles. The van der Waals surface area contributed by atoms with Gasteiger partial charge in [-0.15, -0.1) is 0 Å². The van der Waals surface area contributed by atoms with Crippen LogP contribution < -0.4 is 11.1 Å². The fourth-order valence-corrected chi connectivity index (χ4v) is 1.59. The van der Waals surface area contributed by atoms with Gasteiger partial charge >= 0.3 is 0 Å². The average Bonchev–Trinajstić information content (AvgIpc) is 2.40. The van der Waals surface area contributed by atoms with E-state index in [1.54, 1.807) is 0 Å². The largest absolute Gasteiger partial charge is 0.366 e. The molecule has 3 N–H and O–H groups in total. The second kappa shape index (κ2) is 5.19. The second-order valence-corrected chi connectivity index (χ2v) is 3.91. The lowest BCUT2D eigenvalue weighted by atomic mass is 10.1. The van der Waals surface area contributed by atoms with Crippen LogP contribution in [0, 0.1) is 0 Å². The molecule has 18 heavy (non-hydrogen) atoms. The summed E-state index contributed by atoms with van der Waals surface area (Å²) in [7, 11) is 0. The minimum atomic E-state index is -0.501. The van der Waals surface area contributed by atoms with Gasteiger partial charge in [-0.3, -0.25) is 4.79 Å². The van der Waals surface area contributed by atoms with Crippen LogP contribution in [0.15, 0.2) is 61.2 Å². The summed E-state index contributed by atoms with van der Waals surface area (Å²) in [5.74, 6) is -0.501. The van der Waals surface area contributed by atoms with Crippen LogP contribution in [0.4, 0.5) is 11.4 Å². The van der Waals surface area contributed by atoms with E-state index >= 15 is 0 Å². The molecule has 2 aromatic rings. The van der Waals surface area contributed by atoms with Gasteiger partial charge in [0.05, 0.1) is 0 Å². The molecule has 0 fully saturated rings. The van der Waals surface area contributed by atoms with Gasteiger partial charge in [0.2, 0.25) is 5.91 Å². The van der Waals surface area contributed by atoms with Crippen molar-refractivity contribution in [1.29, 1.82) is 0 Å². The molecule has 0 heterocycles. The summed E-state index contributed by atoms with van der Waals surface area (Å²) in [6.45, 7) is 3.64. The molecule has 2 rings (SSSR count). The number of rotatable bonds is 4. The number of nitrogens with two attached hydrogens (primary N) is 1. The highest BCUT2D eigenvalue weighted by molar-refractivity contribution is 6.17. The van der Waals surface area contributed by atoms with E-state index in [0.717, 1.165) is 16.9 Å². The summed E-state index contributed by atoms with van der Waals surface area (Å²) in [5.41, 5.74) is 8.19. The number of hydrogen-bond donors (Lipinski definition) is 2. The Balaban J connectivity index is 2.13. The van der Waals surface area contributed by atoms with Crippen LogP contribution in [0.5, 0.6) is 0 Å². The van der Waals surface area contributed by atoms with Crippen molar-refractivity contribution in [3.05, 3.63) is 66.7 Å². The Hall–Kier alpha value is -2.55. The number of carbonyl (C=O) groups is 1. The SMILES string of the molecule is C=C(C(N)=O)c1ccc(Nc2ccccc2)cc1. The zero-order valence-corrected chi connectivity index (χ0v) is 9.89. The van der Waals surface area contributed by atoms with Crippen LogP contribution >= 0.6 is 0 Å². The molecule has 0 aromatic heterocycles. The Kier molecular flexibility index (Phi) is 3.44. The monoisotopic (exact) mass is 238 g/mol. The maximum atomic E-state index is 11.0. The molecule has 0 atom stereocenters. The first kappa shape index (κ1) is 11.9. The maximum Gasteiger partial charge on any atom is 0.248 e. The van der Waals surface area contributed by atoms with Crippen molar-refractivity contribution in [1.82, 2.24) is 0 Å². The number of nitrogens with one attached hydrogen (secondary N) is 1. The minimum absolute atomic E-state index is 0.321. The number of anilines is 2. The van der Waals surface area contributed by atoms with Crippen molar-refractivity contribution in [3.63, 3.8) is 0 Å². The van der Waals surface area contributed by atoms with E-state index in [1.165, 1.54) is 0 Å². The van der Waals surface area contributed by atoms with E-state index in [-0.39, 0.29) is 0 Å². The Morgan fingerprint density at radius 2 is 1.50 bits per heavy atom. The molecule has 2 aromatic carbocycles. The molecule has 0 spiro atoms. The molecule has 0 unspecified atom stereocenters. The smallest absolute Gasteiger partial charge is 0.248 e. The van der Waals surface area contributed by atoms with E-state index < -0.39 is 5.91 Å². The third kappa shape index (κ3) is 2.77. The third-order valence-electron chi connectivity index (χ3n) is 2.59. The minimum Gasteiger partial charge on any atom is -0.366 e. The molecule has 90 valence electrons. The first-order valence-electron chi connectivity index (χ1n) is 5.58. The van der Waals surface area contributed by atoms with Gasteiger partial charge in [-0.05, 0) is 29.8 Å². The average molecular weight is 238 g/mol. The highest BCUT2D eigenvalue weighted by Crippen LogP contribution is 2.19. The van der Waals surface area contributed by atoms with Gasteiger partial charge in [0.15, 0.2) is 0 Å². The van der Waals surface area contributed by atoms with Crippen molar-refractivity contribution in [3.8, 4) is 0 Å². The Labute approximate surface area is 106 Å². The van der Waals surface area contributed by atoms with Gasteiger partial charge in [-0.2, -0.15) is 0 Å². The first-order valence-corrected chi connectivity index (χ1v) is 5.58. The van der Waals surface area contributed by atoms with E-state index in [9.17, 15) is 4.79 Å². The lowest BCUT2D eigenvalue weighted by molar-refractivity contribution is -0.112. The van der Waals surface area contributed by atoms with E-state index in [1.807, 2.05) is 54.6 Å². The number of amides is 1. The van der Waals surface area contributed by atoms with Crippen molar-refractivity contribution >= 4 is 22.9 Å². The first-order chi connectivity index (χ1) is 8.66. The standard InChI is InChI=1S/C15H14N2O/c1-11(15(16)18)12-7-9-14(10-8-12)17-13-5-3-2-4-6-13/h2-10,17H,1H2,(H2,16,18). The maximum absolute atomic E-state index is 11.0. The molecule has 3 heteroatoms. The van der Waals surface area contributed by atoms with E-state index in [2.05, 4.69) is 11.9 Å². The second-order valence-electron chi connectivity index (χ2n) is 3.91. The number of para-hydroxylation sites is 1. The molecule has 0 aliphatic rings. The molecule has 3 nitrogen and oxygen atoms in total. The van der Waals surface area contributed by atoms with Crippen LogP contribution in [0.1, 0.15) is 5.56 Å². The van der Waals surface area contributed by atoms with Crippen LogP contribution in [0.2, 0.25) is 0 Å². The van der Waals surface area contributed by atoms with Crippen molar-refractivity contribution in [2.45, 2.75) is 0 Å². The zero-order valence-electron chi connectivity index (χ0n) is 9.89. The summed E-state index contributed by atoms with van der Waals surface area (Å²) in [4.78, 5) is 11.0. The van der Waals surface area contributed by atoms with Crippen molar-refractivity contribution in [2.24, 2.45) is 5.73 Å². The van der Waals surface area contributed by atoms with Gasteiger partial charge < -0.3 is 11.1 Å². The normalized spacial score (nSPS) is 9.78. The summed E-state index contributed by atoms with van der Waals surface area (Å²) in [6, 6.07) is 17.3. The van der Waals surface area contributed by atoms with Crippen LogP contribution in [0.25, 0.3) is 5.57 Å². The number of hydrogen-bond acceptors (Lipinski definition) is 2.